The second kappa shape index (κ2) is 8.52. The molecule has 0 amide bonds. The van der Waals surface area contributed by atoms with Crippen molar-refractivity contribution in [3.05, 3.63) is 0 Å². The average molecular weight is 186 g/mol. The van der Waals surface area contributed by atoms with Crippen LogP contribution in [0.15, 0.2) is 0 Å². The van der Waals surface area contributed by atoms with Crippen molar-refractivity contribution in [1.82, 2.24) is 10.2 Å². The van der Waals surface area contributed by atoms with Gasteiger partial charge in [-0.2, -0.15) is 0 Å². The van der Waals surface area contributed by atoms with Crippen molar-refractivity contribution < 1.29 is 0 Å². The van der Waals surface area contributed by atoms with Crippen molar-refractivity contribution in [2.75, 3.05) is 33.2 Å². The molecule has 1 atom stereocenters. The zero-order valence-electron chi connectivity index (χ0n) is 9.77. The molecule has 0 aliphatic carbocycles. The van der Waals surface area contributed by atoms with Crippen LogP contribution in [0, 0.1) is 5.92 Å². The van der Waals surface area contributed by atoms with Gasteiger partial charge in [-0.25, -0.2) is 0 Å². The van der Waals surface area contributed by atoms with E-state index in [1.54, 1.807) is 0 Å². The van der Waals surface area contributed by atoms with Gasteiger partial charge in [0.2, 0.25) is 0 Å². The molecule has 0 fully saturated rings. The molecule has 2 nitrogen and oxygen atoms in total. The van der Waals surface area contributed by atoms with E-state index in [-0.39, 0.29) is 0 Å². The van der Waals surface area contributed by atoms with E-state index in [1.807, 2.05) is 7.05 Å². The molecule has 0 heterocycles. The lowest BCUT2D eigenvalue weighted by atomic mass is 10.1. The molecule has 0 rings (SSSR count). The molecule has 0 saturated carbocycles. The van der Waals surface area contributed by atoms with Gasteiger partial charge in [0.1, 0.15) is 0 Å². The SMILES string of the molecule is CCC(C)CN(CC)CCCNC. The lowest BCUT2D eigenvalue weighted by Crippen LogP contribution is -2.30. The molecule has 0 aliphatic rings. The zero-order valence-corrected chi connectivity index (χ0v) is 9.77. The first-order valence-electron chi connectivity index (χ1n) is 5.61. The highest BCUT2D eigenvalue weighted by molar-refractivity contribution is 4.60. The normalized spacial score (nSPS) is 13.6. The highest BCUT2D eigenvalue weighted by atomic mass is 15.1. The van der Waals surface area contributed by atoms with E-state index in [0.717, 1.165) is 12.5 Å². The van der Waals surface area contributed by atoms with Gasteiger partial charge in [0.15, 0.2) is 0 Å². The lowest BCUT2D eigenvalue weighted by molar-refractivity contribution is 0.243. The Labute approximate surface area is 83.7 Å². The third-order valence-electron chi connectivity index (χ3n) is 2.62. The molecule has 0 radical (unpaired) electrons. The van der Waals surface area contributed by atoms with Gasteiger partial charge in [0, 0.05) is 6.54 Å². The molecule has 13 heavy (non-hydrogen) atoms. The number of hydrogen-bond donors (Lipinski definition) is 1. The van der Waals surface area contributed by atoms with Gasteiger partial charge >= 0.3 is 0 Å². The van der Waals surface area contributed by atoms with Crippen LogP contribution in [0.5, 0.6) is 0 Å². The predicted octanol–water partition coefficient (Wildman–Crippen LogP) is 1.96. The summed E-state index contributed by atoms with van der Waals surface area (Å²) in [5, 5.41) is 3.19. The van der Waals surface area contributed by atoms with Crippen LogP contribution in [0.25, 0.3) is 0 Å². The summed E-state index contributed by atoms with van der Waals surface area (Å²) < 4.78 is 0. The standard InChI is InChI=1S/C11H26N2/c1-5-11(3)10-13(6-2)9-7-8-12-4/h11-12H,5-10H2,1-4H3. The number of hydrogen-bond acceptors (Lipinski definition) is 2. The van der Waals surface area contributed by atoms with Gasteiger partial charge in [-0.3, -0.25) is 0 Å². The number of nitrogens with one attached hydrogen (secondary N) is 1. The first-order chi connectivity index (χ1) is 6.24. The fourth-order valence-corrected chi connectivity index (χ4v) is 1.43. The molecule has 0 aromatic heterocycles. The van der Waals surface area contributed by atoms with Gasteiger partial charge in [-0.05, 0) is 39.0 Å². The Bertz CT molecular complexity index is 104. The van der Waals surface area contributed by atoms with Crippen molar-refractivity contribution in [3.63, 3.8) is 0 Å². The lowest BCUT2D eigenvalue weighted by Gasteiger charge is -2.23. The van der Waals surface area contributed by atoms with E-state index in [4.69, 9.17) is 0 Å². The van der Waals surface area contributed by atoms with Gasteiger partial charge in [-0.15, -0.1) is 0 Å². The topological polar surface area (TPSA) is 15.3 Å². The monoisotopic (exact) mass is 186 g/mol. The van der Waals surface area contributed by atoms with E-state index in [2.05, 4.69) is 31.0 Å². The van der Waals surface area contributed by atoms with Gasteiger partial charge in [0.25, 0.3) is 0 Å². The fourth-order valence-electron chi connectivity index (χ4n) is 1.43. The van der Waals surface area contributed by atoms with Crippen LogP contribution in [-0.4, -0.2) is 38.1 Å². The molecular weight excluding hydrogens is 160 g/mol. The molecule has 0 aliphatic heterocycles. The maximum absolute atomic E-state index is 3.19. The first-order valence-corrected chi connectivity index (χ1v) is 5.61. The summed E-state index contributed by atoms with van der Waals surface area (Å²) in [5.41, 5.74) is 0. The second-order valence-electron chi connectivity index (χ2n) is 3.86. The summed E-state index contributed by atoms with van der Waals surface area (Å²) in [5.74, 6) is 0.842. The van der Waals surface area contributed by atoms with Crippen molar-refractivity contribution >= 4 is 0 Å². The summed E-state index contributed by atoms with van der Waals surface area (Å²) in [6.07, 6.45) is 2.56. The molecule has 0 spiro atoms. The van der Waals surface area contributed by atoms with Crippen molar-refractivity contribution in [3.8, 4) is 0 Å². The number of rotatable bonds is 8. The van der Waals surface area contributed by atoms with E-state index >= 15 is 0 Å². The highest BCUT2D eigenvalue weighted by Gasteiger charge is 2.05. The molecule has 2 heteroatoms. The van der Waals surface area contributed by atoms with Crippen molar-refractivity contribution in [2.45, 2.75) is 33.6 Å². The van der Waals surface area contributed by atoms with E-state index in [0.29, 0.717) is 0 Å². The van der Waals surface area contributed by atoms with Crippen LogP contribution in [0.1, 0.15) is 33.6 Å². The molecule has 1 N–H and O–H groups in total. The average Bonchev–Trinajstić information content (AvgIpc) is 2.16. The summed E-state index contributed by atoms with van der Waals surface area (Å²) in [6.45, 7) is 11.7. The Morgan fingerprint density at radius 1 is 1.31 bits per heavy atom. The quantitative estimate of drug-likeness (QED) is 0.583. The maximum atomic E-state index is 3.19. The highest BCUT2D eigenvalue weighted by Crippen LogP contribution is 2.04. The van der Waals surface area contributed by atoms with Crippen molar-refractivity contribution in [1.29, 1.82) is 0 Å². The van der Waals surface area contributed by atoms with Crippen LogP contribution < -0.4 is 5.32 Å². The summed E-state index contributed by atoms with van der Waals surface area (Å²) in [7, 11) is 2.02. The Kier molecular flexibility index (Phi) is 8.46. The minimum absolute atomic E-state index is 0.842. The molecule has 0 bridgehead atoms. The predicted molar refractivity (Wildman–Crippen MR) is 60.1 cm³/mol. The minimum Gasteiger partial charge on any atom is -0.320 e. The van der Waals surface area contributed by atoms with Crippen LogP contribution in [0.2, 0.25) is 0 Å². The molecule has 1 unspecified atom stereocenters. The van der Waals surface area contributed by atoms with Gasteiger partial charge in [-0.1, -0.05) is 27.2 Å². The largest absolute Gasteiger partial charge is 0.320 e. The van der Waals surface area contributed by atoms with Crippen LogP contribution >= 0.6 is 0 Å². The Morgan fingerprint density at radius 3 is 2.46 bits per heavy atom. The fraction of sp³-hybridized carbons (Fsp3) is 1.00. The van der Waals surface area contributed by atoms with Crippen LogP contribution in [-0.2, 0) is 0 Å². The Morgan fingerprint density at radius 2 is 2.00 bits per heavy atom. The third kappa shape index (κ3) is 7.03. The maximum Gasteiger partial charge on any atom is 0.000681 e. The zero-order chi connectivity index (χ0) is 10.1. The first kappa shape index (κ1) is 12.9. The summed E-state index contributed by atoms with van der Waals surface area (Å²) in [6, 6.07) is 0. The molecule has 80 valence electrons. The smallest absolute Gasteiger partial charge is 0.000681 e. The van der Waals surface area contributed by atoms with E-state index in [1.165, 1.54) is 32.5 Å². The van der Waals surface area contributed by atoms with Crippen LogP contribution in [0.3, 0.4) is 0 Å². The number of nitrogens with zero attached hydrogens (tertiary/aromatic N) is 1. The Balaban J connectivity index is 3.50. The van der Waals surface area contributed by atoms with E-state index in [9.17, 15) is 0 Å². The van der Waals surface area contributed by atoms with Crippen molar-refractivity contribution in [2.24, 2.45) is 5.92 Å². The molecule has 0 aromatic rings. The minimum atomic E-state index is 0.842. The molecule has 0 saturated heterocycles. The summed E-state index contributed by atoms with van der Waals surface area (Å²) >= 11 is 0. The van der Waals surface area contributed by atoms with E-state index < -0.39 is 0 Å². The van der Waals surface area contributed by atoms with Gasteiger partial charge in [0.05, 0.1) is 0 Å². The molecule has 0 aromatic carbocycles. The van der Waals surface area contributed by atoms with Crippen LogP contribution in [0.4, 0.5) is 0 Å². The van der Waals surface area contributed by atoms with Gasteiger partial charge < -0.3 is 10.2 Å². The third-order valence-corrected chi connectivity index (χ3v) is 2.62. The molecular formula is C11H26N2. The summed E-state index contributed by atoms with van der Waals surface area (Å²) in [4.78, 5) is 2.55. The Hall–Kier alpha value is -0.0800. The second-order valence-corrected chi connectivity index (χ2v) is 3.86.